The molecule has 5 nitrogen and oxygen atoms in total. The maximum atomic E-state index is 12.2. The summed E-state index contributed by atoms with van der Waals surface area (Å²) in [4.78, 5) is 16.8. The van der Waals surface area contributed by atoms with Gasteiger partial charge in [0.15, 0.2) is 0 Å². The Kier molecular flexibility index (Phi) is 8.00. The molecule has 2 rings (SSSR count). The van der Waals surface area contributed by atoms with Crippen molar-refractivity contribution < 1.29 is 9.53 Å². The lowest BCUT2D eigenvalue weighted by molar-refractivity contribution is -0.126. The highest BCUT2D eigenvalue weighted by molar-refractivity contribution is 6.30. The van der Waals surface area contributed by atoms with Crippen molar-refractivity contribution in [2.75, 3.05) is 45.9 Å². The lowest BCUT2D eigenvalue weighted by Gasteiger charge is -2.37. The van der Waals surface area contributed by atoms with Gasteiger partial charge in [0.2, 0.25) is 5.91 Å². The number of hydrogen-bond donors (Lipinski definition) is 1. The van der Waals surface area contributed by atoms with E-state index in [-0.39, 0.29) is 11.9 Å². The second-order valence-corrected chi connectivity index (χ2v) is 7.43. The second-order valence-electron chi connectivity index (χ2n) is 6.99. The van der Waals surface area contributed by atoms with E-state index in [1.165, 1.54) is 0 Å². The highest BCUT2D eigenvalue weighted by atomic mass is 35.5. The van der Waals surface area contributed by atoms with Gasteiger partial charge in [0.1, 0.15) is 12.4 Å². The molecule has 25 heavy (non-hydrogen) atoms. The summed E-state index contributed by atoms with van der Waals surface area (Å²) in [6.07, 6.45) is 0. The molecular formula is C19H30ClN3O2. The molecular weight excluding hydrogens is 338 g/mol. The largest absolute Gasteiger partial charge is 0.492 e. The van der Waals surface area contributed by atoms with Crippen LogP contribution in [0.3, 0.4) is 0 Å². The number of amides is 1. The van der Waals surface area contributed by atoms with E-state index < -0.39 is 0 Å². The predicted octanol–water partition coefficient (Wildman–Crippen LogP) is 2.50. The number of rotatable bonds is 8. The molecule has 6 heteroatoms. The summed E-state index contributed by atoms with van der Waals surface area (Å²) in [6.45, 7) is 12.3. The Morgan fingerprint density at radius 2 is 1.80 bits per heavy atom. The third kappa shape index (κ3) is 6.84. The molecule has 0 aliphatic carbocycles. The van der Waals surface area contributed by atoms with Crippen LogP contribution in [-0.2, 0) is 4.79 Å². The van der Waals surface area contributed by atoms with Crippen LogP contribution in [0.15, 0.2) is 24.3 Å². The second kappa shape index (κ2) is 10.00. The zero-order valence-corrected chi connectivity index (χ0v) is 16.3. The first kappa shape index (κ1) is 20.0. The maximum Gasteiger partial charge on any atom is 0.237 e. The van der Waals surface area contributed by atoms with Crippen molar-refractivity contribution in [3.63, 3.8) is 0 Å². The number of halogens is 1. The van der Waals surface area contributed by atoms with Crippen molar-refractivity contribution in [1.82, 2.24) is 15.1 Å². The van der Waals surface area contributed by atoms with Crippen LogP contribution in [0.25, 0.3) is 0 Å². The van der Waals surface area contributed by atoms with Crippen molar-refractivity contribution in [3.05, 3.63) is 29.3 Å². The minimum absolute atomic E-state index is 0.0637. The van der Waals surface area contributed by atoms with E-state index in [0.29, 0.717) is 12.5 Å². The highest BCUT2D eigenvalue weighted by Gasteiger charge is 2.25. The Morgan fingerprint density at radius 3 is 2.40 bits per heavy atom. The highest BCUT2D eigenvalue weighted by Crippen LogP contribution is 2.15. The van der Waals surface area contributed by atoms with Gasteiger partial charge in [-0.05, 0) is 37.1 Å². The predicted molar refractivity (Wildman–Crippen MR) is 102 cm³/mol. The van der Waals surface area contributed by atoms with E-state index in [1.54, 1.807) is 0 Å². The summed E-state index contributed by atoms with van der Waals surface area (Å²) in [5.74, 6) is 1.46. The van der Waals surface area contributed by atoms with Gasteiger partial charge in [0.25, 0.3) is 0 Å². The SMILES string of the molecule is CC(C)CNC(=O)C(C)N1CCN(CCOc2ccc(Cl)cc2)CC1. The Morgan fingerprint density at radius 1 is 1.16 bits per heavy atom. The Labute approximate surface area is 156 Å². The minimum atomic E-state index is -0.0637. The van der Waals surface area contributed by atoms with Crippen LogP contribution < -0.4 is 10.1 Å². The summed E-state index contributed by atoms with van der Waals surface area (Å²) >= 11 is 5.87. The van der Waals surface area contributed by atoms with Gasteiger partial charge in [0.05, 0.1) is 6.04 Å². The molecule has 1 aromatic rings. The fourth-order valence-corrected chi connectivity index (χ4v) is 2.94. The van der Waals surface area contributed by atoms with E-state index in [9.17, 15) is 4.79 Å². The van der Waals surface area contributed by atoms with E-state index in [2.05, 4.69) is 29.0 Å². The molecule has 1 aliphatic heterocycles. The molecule has 1 aromatic carbocycles. The van der Waals surface area contributed by atoms with Crippen molar-refractivity contribution in [2.24, 2.45) is 5.92 Å². The van der Waals surface area contributed by atoms with E-state index in [1.807, 2.05) is 31.2 Å². The number of benzene rings is 1. The number of hydrogen-bond acceptors (Lipinski definition) is 4. The molecule has 0 saturated carbocycles. The van der Waals surface area contributed by atoms with E-state index in [0.717, 1.165) is 50.0 Å². The first-order valence-electron chi connectivity index (χ1n) is 9.08. The average Bonchev–Trinajstić information content (AvgIpc) is 2.61. The Balaban J connectivity index is 1.65. The van der Waals surface area contributed by atoms with Crippen LogP contribution in [-0.4, -0.2) is 67.6 Å². The molecule has 0 aromatic heterocycles. The number of nitrogens with one attached hydrogen (secondary N) is 1. The number of piperazine rings is 1. The molecule has 1 saturated heterocycles. The van der Waals surface area contributed by atoms with Crippen LogP contribution in [0.4, 0.5) is 0 Å². The summed E-state index contributed by atoms with van der Waals surface area (Å²) in [5, 5.41) is 3.74. The monoisotopic (exact) mass is 367 g/mol. The maximum absolute atomic E-state index is 12.2. The Hall–Kier alpha value is -1.30. The molecule has 0 radical (unpaired) electrons. The van der Waals surface area contributed by atoms with Crippen LogP contribution in [0, 0.1) is 5.92 Å². The Bertz CT molecular complexity index is 528. The number of carbonyl (C=O) groups excluding carboxylic acids is 1. The number of nitrogens with zero attached hydrogens (tertiary/aromatic N) is 2. The fourth-order valence-electron chi connectivity index (χ4n) is 2.82. The third-order valence-corrected chi connectivity index (χ3v) is 4.76. The van der Waals surface area contributed by atoms with Crippen LogP contribution in [0.2, 0.25) is 5.02 Å². The van der Waals surface area contributed by atoms with Gasteiger partial charge in [-0.15, -0.1) is 0 Å². The van der Waals surface area contributed by atoms with Crippen LogP contribution in [0.5, 0.6) is 5.75 Å². The minimum Gasteiger partial charge on any atom is -0.492 e. The van der Waals surface area contributed by atoms with Gasteiger partial charge < -0.3 is 10.1 Å². The summed E-state index contributed by atoms with van der Waals surface area (Å²) in [5.41, 5.74) is 0. The number of ether oxygens (including phenoxy) is 1. The first-order chi connectivity index (χ1) is 12.0. The van der Waals surface area contributed by atoms with E-state index >= 15 is 0 Å². The third-order valence-electron chi connectivity index (χ3n) is 4.51. The van der Waals surface area contributed by atoms with Gasteiger partial charge in [-0.1, -0.05) is 25.4 Å². The normalized spacial score (nSPS) is 17.5. The lowest BCUT2D eigenvalue weighted by atomic mass is 10.2. The first-order valence-corrected chi connectivity index (χ1v) is 9.46. The average molecular weight is 368 g/mol. The zero-order chi connectivity index (χ0) is 18.2. The van der Waals surface area contributed by atoms with Gasteiger partial charge in [-0.3, -0.25) is 14.6 Å². The number of carbonyl (C=O) groups is 1. The zero-order valence-electron chi connectivity index (χ0n) is 15.5. The molecule has 1 aliphatic rings. The molecule has 1 unspecified atom stereocenters. The summed E-state index contributed by atoms with van der Waals surface area (Å²) < 4.78 is 5.75. The van der Waals surface area contributed by atoms with Crippen molar-refractivity contribution >= 4 is 17.5 Å². The van der Waals surface area contributed by atoms with Crippen molar-refractivity contribution in [3.8, 4) is 5.75 Å². The standard InChI is InChI=1S/C19H30ClN3O2/c1-15(2)14-21-19(24)16(3)23-10-8-22(9-11-23)12-13-25-18-6-4-17(20)5-7-18/h4-7,15-16H,8-14H2,1-3H3,(H,21,24). The van der Waals surface area contributed by atoms with Crippen molar-refractivity contribution in [2.45, 2.75) is 26.8 Å². The smallest absolute Gasteiger partial charge is 0.237 e. The lowest BCUT2D eigenvalue weighted by Crippen LogP contribution is -2.54. The molecule has 1 N–H and O–H groups in total. The summed E-state index contributed by atoms with van der Waals surface area (Å²) in [6, 6.07) is 7.38. The molecule has 0 spiro atoms. The quantitative estimate of drug-likeness (QED) is 0.766. The van der Waals surface area contributed by atoms with Crippen molar-refractivity contribution in [1.29, 1.82) is 0 Å². The molecule has 0 bridgehead atoms. The van der Waals surface area contributed by atoms with Gasteiger partial charge in [-0.2, -0.15) is 0 Å². The molecule has 1 heterocycles. The van der Waals surface area contributed by atoms with E-state index in [4.69, 9.17) is 16.3 Å². The topological polar surface area (TPSA) is 44.8 Å². The van der Waals surface area contributed by atoms with Gasteiger partial charge in [0, 0.05) is 44.3 Å². The van der Waals surface area contributed by atoms with Crippen LogP contribution >= 0.6 is 11.6 Å². The molecule has 1 atom stereocenters. The molecule has 1 fully saturated rings. The van der Waals surface area contributed by atoms with Gasteiger partial charge >= 0.3 is 0 Å². The van der Waals surface area contributed by atoms with Crippen LogP contribution in [0.1, 0.15) is 20.8 Å². The van der Waals surface area contributed by atoms with Gasteiger partial charge in [-0.25, -0.2) is 0 Å². The summed E-state index contributed by atoms with van der Waals surface area (Å²) in [7, 11) is 0. The molecule has 140 valence electrons. The fraction of sp³-hybridized carbons (Fsp3) is 0.632. The molecule has 1 amide bonds.